The summed E-state index contributed by atoms with van der Waals surface area (Å²) in [6.45, 7) is 2.09. The topological polar surface area (TPSA) is 41.6 Å². The third kappa shape index (κ3) is 2.31. The third-order valence-corrected chi connectivity index (χ3v) is 3.64. The number of pyridine rings is 1. The second-order valence-electron chi connectivity index (χ2n) is 4.38. The first-order chi connectivity index (χ1) is 9.25. The average molecular weight is 314 g/mol. The van der Waals surface area contributed by atoms with Crippen LogP contribution < -0.4 is 0 Å². The molecule has 3 nitrogen and oxygen atoms in total. The molecule has 0 saturated carbocycles. The summed E-state index contributed by atoms with van der Waals surface area (Å²) in [5, 5.41) is 7.26. The molecule has 0 atom stereocenters. The molecule has 0 fully saturated rings. The minimum absolute atomic E-state index is 0.963. The van der Waals surface area contributed by atoms with Crippen LogP contribution in [0.25, 0.3) is 22.4 Å². The largest absolute Gasteiger partial charge is 0.277 e. The lowest BCUT2D eigenvalue weighted by atomic mass is 10.0. The van der Waals surface area contributed by atoms with E-state index in [2.05, 4.69) is 62.3 Å². The van der Waals surface area contributed by atoms with E-state index in [-0.39, 0.29) is 0 Å². The Hall–Kier alpha value is -1.94. The number of halogens is 1. The van der Waals surface area contributed by atoms with Crippen molar-refractivity contribution in [3.05, 3.63) is 59.0 Å². The van der Waals surface area contributed by atoms with Gasteiger partial charge in [-0.2, -0.15) is 5.10 Å². The highest BCUT2D eigenvalue weighted by molar-refractivity contribution is 9.10. The van der Waals surface area contributed by atoms with Gasteiger partial charge in [0.15, 0.2) is 0 Å². The maximum atomic E-state index is 4.18. The van der Waals surface area contributed by atoms with Gasteiger partial charge in [0.25, 0.3) is 0 Å². The van der Waals surface area contributed by atoms with Gasteiger partial charge < -0.3 is 0 Å². The van der Waals surface area contributed by atoms with Gasteiger partial charge >= 0.3 is 0 Å². The second kappa shape index (κ2) is 4.97. The molecule has 0 saturated heterocycles. The molecule has 0 spiro atoms. The highest BCUT2D eigenvalue weighted by Gasteiger charge is 2.12. The number of nitrogens with one attached hydrogen (secondary N) is 1. The van der Waals surface area contributed by atoms with Crippen LogP contribution in [-0.4, -0.2) is 15.2 Å². The van der Waals surface area contributed by atoms with Crippen molar-refractivity contribution in [2.75, 3.05) is 0 Å². The van der Waals surface area contributed by atoms with E-state index in [0.29, 0.717) is 0 Å². The molecule has 3 rings (SSSR count). The minimum Gasteiger partial charge on any atom is -0.277 e. The van der Waals surface area contributed by atoms with Crippen LogP contribution in [0.2, 0.25) is 0 Å². The van der Waals surface area contributed by atoms with E-state index in [1.807, 2.05) is 12.3 Å². The molecule has 4 heteroatoms. The van der Waals surface area contributed by atoms with E-state index in [1.54, 1.807) is 12.4 Å². The van der Waals surface area contributed by atoms with E-state index in [1.165, 1.54) is 5.56 Å². The van der Waals surface area contributed by atoms with Crippen molar-refractivity contribution in [3.63, 3.8) is 0 Å². The van der Waals surface area contributed by atoms with Crippen molar-refractivity contribution in [2.45, 2.75) is 6.92 Å². The van der Waals surface area contributed by atoms with E-state index < -0.39 is 0 Å². The molecule has 0 amide bonds. The van der Waals surface area contributed by atoms with Gasteiger partial charge in [0.05, 0.1) is 11.9 Å². The Morgan fingerprint density at radius 1 is 1.11 bits per heavy atom. The van der Waals surface area contributed by atoms with Gasteiger partial charge in [0, 0.05) is 33.6 Å². The second-order valence-corrected chi connectivity index (χ2v) is 5.24. The molecular weight excluding hydrogens is 302 g/mol. The molecule has 0 unspecified atom stereocenters. The molecule has 0 aliphatic heterocycles. The zero-order chi connectivity index (χ0) is 13.2. The summed E-state index contributed by atoms with van der Waals surface area (Å²) >= 11 is 3.53. The minimum atomic E-state index is 0.963. The van der Waals surface area contributed by atoms with Crippen LogP contribution in [0.3, 0.4) is 0 Å². The fraction of sp³-hybridized carbons (Fsp3) is 0.0667. The van der Waals surface area contributed by atoms with Gasteiger partial charge in [-0.3, -0.25) is 10.1 Å². The van der Waals surface area contributed by atoms with Crippen LogP contribution in [0.15, 0.2) is 53.4 Å². The number of aromatic amines is 1. The Labute approximate surface area is 119 Å². The van der Waals surface area contributed by atoms with E-state index in [9.17, 15) is 0 Å². The lowest BCUT2D eigenvalue weighted by molar-refractivity contribution is 1.09. The van der Waals surface area contributed by atoms with E-state index in [4.69, 9.17) is 0 Å². The number of hydrogen-bond acceptors (Lipinski definition) is 2. The highest BCUT2D eigenvalue weighted by Crippen LogP contribution is 2.34. The quantitative estimate of drug-likeness (QED) is 0.770. The molecule has 0 radical (unpaired) electrons. The fourth-order valence-corrected chi connectivity index (χ4v) is 2.57. The number of rotatable bonds is 2. The van der Waals surface area contributed by atoms with Crippen LogP contribution >= 0.6 is 15.9 Å². The van der Waals surface area contributed by atoms with E-state index >= 15 is 0 Å². The zero-order valence-corrected chi connectivity index (χ0v) is 12.0. The standard InChI is InChI=1S/C15H12BrN3/c1-10-3-2-4-11(7-10)15-13(8-18-19-15)12-5-6-17-9-14(12)16/h2-9H,1H3,(H,18,19). The van der Waals surface area contributed by atoms with Crippen LogP contribution in [0, 0.1) is 6.92 Å². The lowest BCUT2D eigenvalue weighted by Gasteiger charge is -2.06. The predicted octanol–water partition coefficient (Wildman–Crippen LogP) is 4.21. The van der Waals surface area contributed by atoms with Crippen molar-refractivity contribution in [1.29, 1.82) is 0 Å². The highest BCUT2D eigenvalue weighted by atomic mass is 79.9. The maximum Gasteiger partial charge on any atom is 0.0729 e. The van der Waals surface area contributed by atoms with Crippen molar-refractivity contribution >= 4 is 15.9 Å². The number of hydrogen-bond donors (Lipinski definition) is 1. The summed E-state index contributed by atoms with van der Waals surface area (Å²) in [7, 11) is 0. The first-order valence-corrected chi connectivity index (χ1v) is 6.75. The number of H-pyrrole nitrogens is 1. The number of benzene rings is 1. The van der Waals surface area contributed by atoms with Gasteiger partial charge in [-0.05, 0) is 35.0 Å². The molecule has 0 bridgehead atoms. The molecule has 0 aliphatic carbocycles. The van der Waals surface area contributed by atoms with Crippen molar-refractivity contribution in [3.8, 4) is 22.4 Å². The molecule has 94 valence electrons. The molecule has 2 aromatic heterocycles. The number of aromatic nitrogens is 3. The zero-order valence-electron chi connectivity index (χ0n) is 10.4. The number of aryl methyl sites for hydroxylation is 1. The molecule has 1 aromatic carbocycles. The lowest BCUT2D eigenvalue weighted by Crippen LogP contribution is -1.85. The summed E-state index contributed by atoms with van der Waals surface area (Å²) in [4.78, 5) is 4.09. The molecule has 0 aliphatic rings. The van der Waals surface area contributed by atoms with Gasteiger partial charge in [-0.1, -0.05) is 23.8 Å². The van der Waals surface area contributed by atoms with Gasteiger partial charge in [-0.15, -0.1) is 0 Å². The number of nitrogens with zero attached hydrogens (tertiary/aromatic N) is 2. The molecule has 19 heavy (non-hydrogen) atoms. The first kappa shape index (κ1) is 12.1. The fourth-order valence-electron chi connectivity index (χ4n) is 2.10. The SMILES string of the molecule is Cc1cccc(-c2[nH]ncc2-c2ccncc2Br)c1. The molecule has 3 aromatic rings. The third-order valence-electron chi connectivity index (χ3n) is 3.01. The van der Waals surface area contributed by atoms with Crippen molar-refractivity contribution in [1.82, 2.24) is 15.2 Å². The summed E-state index contributed by atoms with van der Waals surface area (Å²) in [5.74, 6) is 0. The normalized spacial score (nSPS) is 10.6. The molecular formula is C15H12BrN3. The summed E-state index contributed by atoms with van der Waals surface area (Å²) in [6.07, 6.45) is 5.42. The maximum absolute atomic E-state index is 4.18. The Kier molecular flexibility index (Phi) is 3.17. The predicted molar refractivity (Wildman–Crippen MR) is 79.7 cm³/mol. The summed E-state index contributed by atoms with van der Waals surface area (Å²) < 4.78 is 0.963. The Balaban J connectivity index is 2.16. The van der Waals surface area contributed by atoms with Gasteiger partial charge in [0.2, 0.25) is 0 Å². The first-order valence-electron chi connectivity index (χ1n) is 5.96. The summed E-state index contributed by atoms with van der Waals surface area (Å²) in [6, 6.07) is 10.3. The Morgan fingerprint density at radius 3 is 2.79 bits per heavy atom. The average Bonchev–Trinajstić information content (AvgIpc) is 2.88. The van der Waals surface area contributed by atoms with Crippen LogP contribution in [0.4, 0.5) is 0 Å². The van der Waals surface area contributed by atoms with Crippen LogP contribution in [0.5, 0.6) is 0 Å². The molecule has 1 N–H and O–H groups in total. The van der Waals surface area contributed by atoms with Gasteiger partial charge in [-0.25, -0.2) is 0 Å². The Bertz CT molecular complexity index is 719. The summed E-state index contributed by atoms with van der Waals surface area (Å²) in [5.41, 5.74) is 5.54. The van der Waals surface area contributed by atoms with Crippen molar-refractivity contribution in [2.24, 2.45) is 0 Å². The Morgan fingerprint density at radius 2 is 2.00 bits per heavy atom. The van der Waals surface area contributed by atoms with E-state index in [0.717, 1.165) is 26.9 Å². The van der Waals surface area contributed by atoms with Gasteiger partial charge in [0.1, 0.15) is 0 Å². The monoisotopic (exact) mass is 313 g/mol. The van der Waals surface area contributed by atoms with Crippen LogP contribution in [-0.2, 0) is 0 Å². The smallest absolute Gasteiger partial charge is 0.0729 e. The molecule has 2 heterocycles. The van der Waals surface area contributed by atoms with Crippen molar-refractivity contribution < 1.29 is 0 Å². The van der Waals surface area contributed by atoms with Crippen LogP contribution in [0.1, 0.15) is 5.56 Å².